The minimum atomic E-state index is -0.767. The Labute approximate surface area is 127 Å². The van der Waals surface area contributed by atoms with E-state index < -0.39 is 12.2 Å². The fraction of sp³-hybridized carbons (Fsp3) is 0.667. The summed E-state index contributed by atoms with van der Waals surface area (Å²) in [6, 6.07) is 1.23. The average Bonchev–Trinajstić information content (AvgIpc) is 3.33. The van der Waals surface area contributed by atoms with Crippen molar-refractivity contribution in [1.29, 1.82) is 0 Å². The van der Waals surface area contributed by atoms with Crippen molar-refractivity contribution in [2.75, 3.05) is 13.1 Å². The third kappa shape index (κ3) is 2.24. The van der Waals surface area contributed by atoms with Crippen molar-refractivity contribution in [2.45, 2.75) is 37.4 Å². The highest BCUT2D eigenvalue weighted by molar-refractivity contribution is 5.92. The van der Waals surface area contributed by atoms with Gasteiger partial charge < -0.3 is 20.1 Å². The number of aromatic nitrogens is 2. The van der Waals surface area contributed by atoms with Gasteiger partial charge in [0.25, 0.3) is 11.5 Å². The average molecular weight is 305 g/mol. The Bertz CT molecular complexity index is 653. The molecule has 2 saturated carbocycles. The van der Waals surface area contributed by atoms with Gasteiger partial charge in [0.1, 0.15) is 11.5 Å². The summed E-state index contributed by atoms with van der Waals surface area (Å²) in [5.74, 6) is 0.381. The number of hydrogen-bond donors (Lipinski definition) is 3. The van der Waals surface area contributed by atoms with Crippen molar-refractivity contribution >= 4 is 5.91 Å². The monoisotopic (exact) mass is 305 g/mol. The predicted molar refractivity (Wildman–Crippen MR) is 76.3 cm³/mol. The van der Waals surface area contributed by atoms with Gasteiger partial charge in [-0.1, -0.05) is 0 Å². The minimum absolute atomic E-state index is 0.0948. The molecule has 4 rings (SSSR count). The van der Waals surface area contributed by atoms with Crippen LogP contribution in [-0.4, -0.2) is 56.3 Å². The van der Waals surface area contributed by atoms with Crippen LogP contribution in [0.3, 0.4) is 0 Å². The fourth-order valence-corrected chi connectivity index (χ4v) is 3.70. The van der Waals surface area contributed by atoms with E-state index >= 15 is 0 Å². The van der Waals surface area contributed by atoms with Gasteiger partial charge in [0.05, 0.1) is 12.2 Å². The van der Waals surface area contributed by atoms with Gasteiger partial charge in [-0.05, 0) is 19.3 Å². The van der Waals surface area contributed by atoms with Crippen LogP contribution in [0, 0.1) is 11.8 Å². The number of hydrogen-bond acceptors (Lipinski definition) is 5. The number of aromatic amines is 1. The first-order valence-corrected chi connectivity index (χ1v) is 7.79. The van der Waals surface area contributed by atoms with E-state index in [1.54, 1.807) is 4.90 Å². The molecule has 1 aliphatic heterocycles. The maximum absolute atomic E-state index is 12.6. The van der Waals surface area contributed by atoms with Crippen LogP contribution < -0.4 is 5.56 Å². The SMILES string of the molecule is O=C(c1cc(=O)[nH]c(C2CC2)n1)N1C[C@@H]2C[C@H](C1)[C@H](O)[C@@H]2O. The van der Waals surface area contributed by atoms with Crippen LogP contribution in [0.1, 0.15) is 41.5 Å². The molecule has 2 aliphatic carbocycles. The number of piperidine rings is 1. The first-order chi connectivity index (χ1) is 10.5. The molecule has 0 aromatic carbocycles. The second-order valence-electron chi connectivity index (χ2n) is 6.74. The molecule has 0 radical (unpaired) electrons. The number of likely N-dealkylation sites (tertiary alicyclic amines) is 1. The highest BCUT2D eigenvalue weighted by atomic mass is 16.3. The van der Waals surface area contributed by atoms with Crippen molar-refractivity contribution in [3.05, 3.63) is 27.9 Å². The normalized spacial score (nSPS) is 34.0. The van der Waals surface area contributed by atoms with Crippen LogP contribution in [0.25, 0.3) is 0 Å². The highest BCUT2D eigenvalue weighted by Crippen LogP contribution is 2.38. The van der Waals surface area contributed by atoms with Crippen molar-refractivity contribution in [3.63, 3.8) is 0 Å². The van der Waals surface area contributed by atoms with Crippen LogP contribution in [0.2, 0.25) is 0 Å². The molecule has 0 unspecified atom stereocenters. The lowest BCUT2D eigenvalue weighted by atomic mass is 9.98. The number of aliphatic hydroxyl groups excluding tert-OH is 2. The van der Waals surface area contributed by atoms with E-state index in [1.165, 1.54) is 6.07 Å². The lowest BCUT2D eigenvalue weighted by molar-refractivity contribution is 0.0130. The lowest BCUT2D eigenvalue weighted by Gasteiger charge is -2.31. The number of fused-ring (bicyclic) bond motifs is 2. The van der Waals surface area contributed by atoms with Gasteiger partial charge in [-0.3, -0.25) is 9.59 Å². The van der Waals surface area contributed by atoms with Crippen LogP contribution >= 0.6 is 0 Å². The summed E-state index contributed by atoms with van der Waals surface area (Å²) in [5.41, 5.74) is -0.142. The van der Waals surface area contributed by atoms with Gasteiger partial charge >= 0.3 is 0 Å². The molecule has 1 amide bonds. The third-order valence-electron chi connectivity index (χ3n) is 5.06. The third-order valence-corrected chi connectivity index (χ3v) is 5.06. The smallest absolute Gasteiger partial charge is 0.272 e. The van der Waals surface area contributed by atoms with Gasteiger partial charge in [-0.15, -0.1) is 0 Å². The molecule has 1 aromatic heterocycles. The van der Waals surface area contributed by atoms with Gasteiger partial charge in [-0.2, -0.15) is 0 Å². The first kappa shape index (κ1) is 13.9. The largest absolute Gasteiger partial charge is 0.390 e. The molecule has 22 heavy (non-hydrogen) atoms. The standard InChI is InChI=1S/C15H19N3O4/c19-11-4-10(16-14(17-11)7-1-2-7)15(22)18-5-8-3-9(6-18)13(21)12(8)20/h4,7-9,12-13,20-21H,1-3,5-6H2,(H,16,17,19)/t8-,9+,12+,13-. The van der Waals surface area contributed by atoms with E-state index in [2.05, 4.69) is 9.97 Å². The molecule has 0 spiro atoms. The van der Waals surface area contributed by atoms with Gasteiger partial charge in [0.2, 0.25) is 0 Å². The number of amides is 1. The number of H-pyrrole nitrogens is 1. The topological polar surface area (TPSA) is 107 Å². The van der Waals surface area contributed by atoms with Crippen molar-refractivity contribution < 1.29 is 15.0 Å². The molecule has 2 bridgehead atoms. The Morgan fingerprint density at radius 2 is 1.86 bits per heavy atom. The molecule has 7 heteroatoms. The van der Waals surface area contributed by atoms with Crippen LogP contribution in [0.4, 0.5) is 0 Å². The van der Waals surface area contributed by atoms with Crippen molar-refractivity contribution in [2.24, 2.45) is 11.8 Å². The lowest BCUT2D eigenvalue weighted by Crippen LogP contribution is -2.42. The van der Waals surface area contributed by atoms with Crippen molar-refractivity contribution in [1.82, 2.24) is 14.9 Å². The zero-order valence-electron chi connectivity index (χ0n) is 12.1. The Balaban J connectivity index is 1.59. The molecule has 1 saturated heterocycles. The maximum Gasteiger partial charge on any atom is 0.272 e. The molecular weight excluding hydrogens is 286 g/mol. The number of aliphatic hydroxyl groups is 2. The second kappa shape index (κ2) is 4.89. The van der Waals surface area contributed by atoms with E-state index in [0.29, 0.717) is 18.9 Å². The molecule has 3 fully saturated rings. The van der Waals surface area contributed by atoms with E-state index in [-0.39, 0.29) is 34.9 Å². The zero-order valence-corrected chi connectivity index (χ0v) is 12.1. The fourth-order valence-electron chi connectivity index (χ4n) is 3.70. The predicted octanol–water partition coefficient (Wildman–Crippen LogP) is -0.539. The van der Waals surface area contributed by atoms with E-state index in [0.717, 1.165) is 19.3 Å². The number of nitrogens with zero attached hydrogens (tertiary/aromatic N) is 2. The molecule has 2 heterocycles. The summed E-state index contributed by atoms with van der Waals surface area (Å²) in [6.45, 7) is 0.807. The maximum atomic E-state index is 12.6. The summed E-state index contributed by atoms with van der Waals surface area (Å²) in [7, 11) is 0. The Morgan fingerprint density at radius 1 is 1.23 bits per heavy atom. The van der Waals surface area contributed by atoms with Crippen LogP contribution in [0.5, 0.6) is 0 Å². The number of rotatable bonds is 2. The quantitative estimate of drug-likeness (QED) is 0.680. The Morgan fingerprint density at radius 3 is 2.45 bits per heavy atom. The van der Waals surface area contributed by atoms with E-state index in [1.807, 2.05) is 0 Å². The Kier molecular flexibility index (Phi) is 3.09. The van der Waals surface area contributed by atoms with Crippen LogP contribution in [0.15, 0.2) is 10.9 Å². The van der Waals surface area contributed by atoms with Crippen molar-refractivity contribution in [3.8, 4) is 0 Å². The van der Waals surface area contributed by atoms with E-state index in [9.17, 15) is 19.8 Å². The summed E-state index contributed by atoms with van der Waals surface area (Å²) < 4.78 is 0. The number of carbonyl (C=O) groups excluding carboxylic acids is 1. The molecule has 7 nitrogen and oxygen atoms in total. The molecule has 3 N–H and O–H groups in total. The summed E-state index contributed by atoms with van der Waals surface area (Å²) in [4.78, 5) is 33.0. The van der Waals surface area contributed by atoms with Crippen LogP contribution in [-0.2, 0) is 0 Å². The summed E-state index contributed by atoms with van der Waals surface area (Å²) in [5, 5.41) is 19.9. The summed E-state index contributed by atoms with van der Waals surface area (Å²) in [6.07, 6.45) is 1.19. The Hall–Kier alpha value is -1.73. The van der Waals surface area contributed by atoms with Gasteiger partial charge in [0.15, 0.2) is 0 Å². The molecule has 118 valence electrons. The second-order valence-corrected chi connectivity index (χ2v) is 6.74. The molecule has 4 atom stereocenters. The summed E-state index contributed by atoms with van der Waals surface area (Å²) >= 11 is 0. The number of carbonyl (C=O) groups is 1. The zero-order chi connectivity index (χ0) is 15.4. The molecule has 3 aliphatic rings. The first-order valence-electron chi connectivity index (χ1n) is 7.79. The van der Waals surface area contributed by atoms with Gasteiger partial charge in [-0.25, -0.2) is 4.98 Å². The minimum Gasteiger partial charge on any atom is -0.390 e. The molecule has 1 aromatic rings. The van der Waals surface area contributed by atoms with E-state index in [4.69, 9.17) is 0 Å². The highest BCUT2D eigenvalue weighted by Gasteiger charge is 2.47. The molecular formula is C15H19N3O4. The number of nitrogens with one attached hydrogen (secondary N) is 1. The van der Waals surface area contributed by atoms with Gasteiger partial charge in [0, 0.05) is 36.9 Å².